The molecular formula is C20H22N4O2S. The van der Waals surface area contributed by atoms with E-state index in [1.54, 1.807) is 0 Å². The molecule has 3 heterocycles. The van der Waals surface area contributed by atoms with E-state index >= 15 is 0 Å². The number of carbonyl (C=O) groups excluding carboxylic acids is 1. The average molecular weight is 382 g/mol. The molecule has 1 atom stereocenters. The van der Waals surface area contributed by atoms with Gasteiger partial charge in [-0.3, -0.25) is 4.79 Å². The van der Waals surface area contributed by atoms with E-state index in [0.717, 1.165) is 41.9 Å². The number of aromatic nitrogens is 3. The first kappa shape index (κ1) is 17.9. The Hall–Kier alpha value is -2.54. The van der Waals surface area contributed by atoms with Gasteiger partial charge in [0.2, 0.25) is 11.8 Å². The van der Waals surface area contributed by atoms with Gasteiger partial charge >= 0.3 is 0 Å². The fraction of sp³-hybridized carbons (Fsp3) is 0.400. The maximum Gasteiger partial charge on any atom is 0.266 e. The highest BCUT2D eigenvalue weighted by Crippen LogP contribution is 2.33. The lowest BCUT2D eigenvalue weighted by Crippen LogP contribution is -2.35. The van der Waals surface area contributed by atoms with Gasteiger partial charge in [-0.15, -0.1) is 21.5 Å². The zero-order chi connectivity index (χ0) is 18.8. The maximum atomic E-state index is 13.3. The summed E-state index contributed by atoms with van der Waals surface area (Å²) in [4.78, 5) is 20.3. The van der Waals surface area contributed by atoms with Gasteiger partial charge in [0.25, 0.3) is 5.91 Å². The molecule has 1 aliphatic heterocycles. The molecule has 1 aliphatic rings. The van der Waals surface area contributed by atoms with E-state index in [9.17, 15) is 4.79 Å². The third-order valence-corrected chi connectivity index (χ3v) is 5.92. The predicted octanol–water partition coefficient (Wildman–Crippen LogP) is 4.57. The minimum Gasteiger partial charge on any atom is -0.418 e. The van der Waals surface area contributed by atoms with Crippen LogP contribution in [0.4, 0.5) is 0 Å². The number of aryl methyl sites for hydroxylation is 2. The first-order chi connectivity index (χ1) is 13.1. The maximum absolute atomic E-state index is 13.3. The van der Waals surface area contributed by atoms with Crippen molar-refractivity contribution in [2.75, 3.05) is 6.54 Å². The van der Waals surface area contributed by atoms with Gasteiger partial charge in [-0.1, -0.05) is 31.0 Å². The van der Waals surface area contributed by atoms with E-state index in [2.05, 4.69) is 15.2 Å². The highest BCUT2D eigenvalue weighted by molar-refractivity contribution is 7.13. The van der Waals surface area contributed by atoms with Crippen molar-refractivity contribution in [3.8, 4) is 11.5 Å². The summed E-state index contributed by atoms with van der Waals surface area (Å²) in [5.74, 6) is 1.03. The highest BCUT2D eigenvalue weighted by Gasteiger charge is 2.33. The standard InChI is InChI=1S/C20H22N4O2S/c1-13-17(27-14(2)21-13)20(25)24-12-8-4-7-11-16(24)19-23-22-18(26-19)15-9-5-3-6-10-15/h3,5-6,9-10,16H,4,7-8,11-12H2,1-2H3. The Kier molecular flexibility index (Phi) is 5.03. The minimum absolute atomic E-state index is 0.0180. The first-order valence-corrected chi connectivity index (χ1v) is 10.1. The highest BCUT2D eigenvalue weighted by atomic mass is 32.1. The van der Waals surface area contributed by atoms with E-state index in [1.165, 1.54) is 11.3 Å². The molecule has 1 aromatic carbocycles. The van der Waals surface area contributed by atoms with E-state index < -0.39 is 0 Å². The summed E-state index contributed by atoms with van der Waals surface area (Å²) in [6.45, 7) is 4.52. The fourth-order valence-corrected chi connectivity index (χ4v) is 4.41. The lowest BCUT2D eigenvalue weighted by atomic mass is 10.1. The van der Waals surface area contributed by atoms with Gasteiger partial charge in [-0.25, -0.2) is 4.98 Å². The van der Waals surface area contributed by atoms with Gasteiger partial charge in [-0.2, -0.15) is 0 Å². The Morgan fingerprint density at radius 2 is 1.96 bits per heavy atom. The van der Waals surface area contributed by atoms with Crippen molar-refractivity contribution in [1.29, 1.82) is 0 Å². The zero-order valence-corrected chi connectivity index (χ0v) is 16.3. The van der Waals surface area contributed by atoms with Crippen LogP contribution >= 0.6 is 11.3 Å². The molecule has 6 nitrogen and oxygen atoms in total. The number of hydrogen-bond donors (Lipinski definition) is 0. The van der Waals surface area contributed by atoms with Gasteiger partial charge < -0.3 is 9.32 Å². The van der Waals surface area contributed by atoms with Gasteiger partial charge in [0, 0.05) is 12.1 Å². The molecule has 140 valence electrons. The molecule has 1 amide bonds. The normalized spacial score (nSPS) is 17.7. The van der Waals surface area contributed by atoms with Gasteiger partial charge in [0.15, 0.2) is 0 Å². The van der Waals surface area contributed by atoms with Crippen molar-refractivity contribution in [3.05, 3.63) is 51.8 Å². The third-order valence-electron chi connectivity index (χ3n) is 4.86. The van der Waals surface area contributed by atoms with Crippen LogP contribution in [0.2, 0.25) is 0 Å². The number of amides is 1. The monoisotopic (exact) mass is 382 g/mol. The van der Waals surface area contributed by atoms with Crippen LogP contribution in [-0.2, 0) is 0 Å². The van der Waals surface area contributed by atoms with Crippen molar-refractivity contribution in [2.45, 2.75) is 45.6 Å². The van der Waals surface area contributed by atoms with Crippen molar-refractivity contribution < 1.29 is 9.21 Å². The summed E-state index contributed by atoms with van der Waals surface area (Å²) >= 11 is 1.45. The van der Waals surface area contributed by atoms with Crippen LogP contribution in [0.15, 0.2) is 34.7 Å². The summed E-state index contributed by atoms with van der Waals surface area (Å²) in [5, 5.41) is 9.41. The Morgan fingerprint density at radius 3 is 2.70 bits per heavy atom. The summed E-state index contributed by atoms with van der Waals surface area (Å²) < 4.78 is 5.99. The van der Waals surface area contributed by atoms with Crippen LogP contribution in [0.3, 0.4) is 0 Å². The Labute approximate surface area is 162 Å². The number of rotatable bonds is 3. The van der Waals surface area contributed by atoms with Crippen LogP contribution in [0.1, 0.15) is 58.0 Å². The second kappa shape index (κ2) is 7.60. The summed E-state index contributed by atoms with van der Waals surface area (Å²) in [6, 6.07) is 9.52. The van der Waals surface area contributed by atoms with Crippen LogP contribution in [0.5, 0.6) is 0 Å². The molecule has 1 fully saturated rings. The smallest absolute Gasteiger partial charge is 0.266 e. The Morgan fingerprint density at radius 1 is 1.15 bits per heavy atom. The molecule has 4 rings (SSSR count). The van der Waals surface area contributed by atoms with Crippen molar-refractivity contribution in [3.63, 3.8) is 0 Å². The van der Waals surface area contributed by atoms with Gasteiger partial charge in [-0.05, 0) is 38.8 Å². The fourth-order valence-electron chi connectivity index (χ4n) is 3.53. The molecule has 7 heteroatoms. The molecule has 1 unspecified atom stereocenters. The molecule has 0 spiro atoms. The van der Waals surface area contributed by atoms with E-state index in [1.807, 2.05) is 49.1 Å². The zero-order valence-electron chi connectivity index (χ0n) is 15.5. The van der Waals surface area contributed by atoms with Crippen molar-refractivity contribution in [2.24, 2.45) is 0 Å². The van der Waals surface area contributed by atoms with E-state index in [-0.39, 0.29) is 11.9 Å². The minimum atomic E-state index is -0.188. The Balaban J connectivity index is 1.65. The van der Waals surface area contributed by atoms with Crippen LogP contribution in [0, 0.1) is 13.8 Å². The first-order valence-electron chi connectivity index (χ1n) is 9.27. The van der Waals surface area contributed by atoms with Crippen molar-refractivity contribution in [1.82, 2.24) is 20.1 Å². The third kappa shape index (κ3) is 3.64. The van der Waals surface area contributed by atoms with Crippen LogP contribution in [0.25, 0.3) is 11.5 Å². The van der Waals surface area contributed by atoms with Crippen molar-refractivity contribution >= 4 is 17.2 Å². The number of carbonyl (C=O) groups is 1. The number of benzene rings is 1. The van der Waals surface area contributed by atoms with E-state index in [0.29, 0.717) is 23.2 Å². The lowest BCUT2D eigenvalue weighted by Gasteiger charge is -2.27. The largest absolute Gasteiger partial charge is 0.418 e. The summed E-state index contributed by atoms with van der Waals surface area (Å²) in [5.41, 5.74) is 1.68. The van der Waals surface area contributed by atoms with Gasteiger partial charge in [0.1, 0.15) is 10.9 Å². The molecule has 27 heavy (non-hydrogen) atoms. The van der Waals surface area contributed by atoms with E-state index in [4.69, 9.17) is 4.42 Å². The quantitative estimate of drug-likeness (QED) is 0.664. The second-order valence-electron chi connectivity index (χ2n) is 6.82. The SMILES string of the molecule is Cc1nc(C)c(C(=O)N2CCCCCC2c2nnc(-c3ccccc3)o2)s1. The second-order valence-corrected chi connectivity index (χ2v) is 8.03. The molecule has 2 aromatic heterocycles. The summed E-state index contributed by atoms with van der Waals surface area (Å²) in [7, 11) is 0. The number of hydrogen-bond acceptors (Lipinski definition) is 6. The molecule has 1 saturated heterocycles. The molecule has 0 N–H and O–H groups in total. The number of likely N-dealkylation sites (tertiary alicyclic amines) is 1. The predicted molar refractivity (Wildman–Crippen MR) is 104 cm³/mol. The molecule has 0 bridgehead atoms. The molecule has 3 aromatic rings. The molecular weight excluding hydrogens is 360 g/mol. The van der Waals surface area contributed by atoms with Crippen LogP contribution in [-0.4, -0.2) is 32.5 Å². The Bertz CT molecular complexity index is 935. The number of thiazole rings is 1. The van der Waals surface area contributed by atoms with Crippen LogP contribution < -0.4 is 0 Å². The average Bonchev–Trinajstić information content (AvgIpc) is 3.21. The lowest BCUT2D eigenvalue weighted by molar-refractivity contribution is 0.0657. The van der Waals surface area contributed by atoms with Gasteiger partial charge in [0.05, 0.1) is 10.7 Å². The molecule has 0 aliphatic carbocycles. The number of nitrogens with zero attached hydrogens (tertiary/aromatic N) is 4. The molecule has 0 saturated carbocycles. The summed E-state index contributed by atoms with van der Waals surface area (Å²) in [6.07, 6.45) is 3.95. The topological polar surface area (TPSA) is 72.1 Å². The molecule has 0 radical (unpaired) electrons.